The van der Waals surface area contributed by atoms with Crippen LogP contribution >= 0.6 is 0 Å². The lowest BCUT2D eigenvalue weighted by Crippen LogP contribution is -2.03. The molecule has 1 N–H and O–H groups in total. The van der Waals surface area contributed by atoms with Crippen LogP contribution in [0.25, 0.3) is 0 Å². The molecule has 1 atom stereocenters. The van der Waals surface area contributed by atoms with E-state index in [1.807, 2.05) is 0 Å². The molecule has 0 amide bonds. The summed E-state index contributed by atoms with van der Waals surface area (Å²) in [5.41, 5.74) is 2.44. The van der Waals surface area contributed by atoms with Crippen molar-refractivity contribution in [1.29, 1.82) is 0 Å². The summed E-state index contributed by atoms with van der Waals surface area (Å²) in [6.45, 7) is 3.48. The zero-order valence-electron chi connectivity index (χ0n) is 10.2. The summed E-state index contributed by atoms with van der Waals surface area (Å²) in [6.07, 6.45) is -0.944. The van der Waals surface area contributed by atoms with E-state index in [0.717, 1.165) is 5.56 Å². The van der Waals surface area contributed by atoms with Gasteiger partial charge < -0.3 is 5.11 Å². The predicted octanol–water partition coefficient (Wildman–Crippen LogP) is 3.66. The van der Waals surface area contributed by atoms with Gasteiger partial charge in [0.2, 0.25) is 0 Å². The topological polar surface area (TPSA) is 20.2 Å². The molecule has 0 fully saturated rings. The van der Waals surface area contributed by atoms with Crippen LogP contribution in [0.1, 0.15) is 28.4 Å². The minimum Gasteiger partial charge on any atom is -0.384 e. The second-order valence-corrected chi connectivity index (χ2v) is 4.47. The van der Waals surface area contributed by atoms with E-state index < -0.39 is 6.10 Å². The Morgan fingerprint density at radius 1 is 0.944 bits per heavy atom. The largest absolute Gasteiger partial charge is 0.384 e. The van der Waals surface area contributed by atoms with Gasteiger partial charge in [0.25, 0.3) is 0 Å². The van der Waals surface area contributed by atoms with Crippen LogP contribution in [0.5, 0.6) is 0 Å². The maximum atomic E-state index is 13.3. The summed E-state index contributed by atoms with van der Waals surface area (Å²) in [5, 5.41) is 10.2. The average Bonchev–Trinajstić information content (AvgIpc) is 2.26. The van der Waals surface area contributed by atoms with E-state index in [1.54, 1.807) is 19.9 Å². The monoisotopic (exact) mass is 248 g/mol. The van der Waals surface area contributed by atoms with Crippen LogP contribution in [0, 0.1) is 25.5 Å². The number of aryl methyl sites for hydroxylation is 2. The van der Waals surface area contributed by atoms with Gasteiger partial charge in [-0.25, -0.2) is 8.78 Å². The van der Waals surface area contributed by atoms with Crippen LogP contribution in [-0.2, 0) is 0 Å². The molecule has 1 nitrogen and oxygen atoms in total. The molecule has 2 rings (SSSR count). The van der Waals surface area contributed by atoms with Crippen LogP contribution in [0.2, 0.25) is 0 Å². The average molecular weight is 248 g/mol. The number of hydrogen-bond donors (Lipinski definition) is 1. The number of halogens is 2. The Labute approximate surface area is 105 Å². The van der Waals surface area contributed by atoms with Crippen molar-refractivity contribution in [3.63, 3.8) is 0 Å². The summed E-state index contributed by atoms with van der Waals surface area (Å²) in [6, 6.07) is 8.57. The molecule has 18 heavy (non-hydrogen) atoms. The Hall–Kier alpha value is -1.74. The van der Waals surface area contributed by atoms with Crippen molar-refractivity contribution < 1.29 is 13.9 Å². The predicted molar refractivity (Wildman–Crippen MR) is 66.3 cm³/mol. The van der Waals surface area contributed by atoms with Crippen LogP contribution in [-0.4, -0.2) is 5.11 Å². The van der Waals surface area contributed by atoms with Gasteiger partial charge in [0, 0.05) is 0 Å². The molecule has 2 aromatic carbocycles. The normalized spacial score (nSPS) is 12.5. The van der Waals surface area contributed by atoms with Crippen LogP contribution in [0.15, 0.2) is 36.4 Å². The SMILES string of the molecule is Cc1cc(F)cc(C(O)c2ccc(F)cc2C)c1. The van der Waals surface area contributed by atoms with Crippen LogP contribution in [0.3, 0.4) is 0 Å². The van der Waals surface area contributed by atoms with Crippen LogP contribution < -0.4 is 0 Å². The number of hydrogen-bond acceptors (Lipinski definition) is 1. The van der Waals surface area contributed by atoms with Gasteiger partial charge in [-0.2, -0.15) is 0 Å². The maximum absolute atomic E-state index is 13.3. The van der Waals surface area contributed by atoms with Crippen molar-refractivity contribution in [1.82, 2.24) is 0 Å². The first-order valence-electron chi connectivity index (χ1n) is 5.68. The lowest BCUT2D eigenvalue weighted by molar-refractivity contribution is 0.219. The molecular formula is C15H14F2O. The number of benzene rings is 2. The van der Waals surface area contributed by atoms with Gasteiger partial charge in [-0.05, 0) is 60.4 Å². The quantitative estimate of drug-likeness (QED) is 0.859. The molecule has 94 valence electrons. The second-order valence-electron chi connectivity index (χ2n) is 4.47. The van der Waals surface area contributed by atoms with Gasteiger partial charge in [0.15, 0.2) is 0 Å². The third kappa shape index (κ3) is 2.57. The highest BCUT2D eigenvalue weighted by Crippen LogP contribution is 2.26. The Bertz CT molecular complexity index is 558. The lowest BCUT2D eigenvalue weighted by atomic mass is 9.96. The van der Waals surface area contributed by atoms with E-state index >= 15 is 0 Å². The van der Waals surface area contributed by atoms with E-state index in [-0.39, 0.29) is 11.6 Å². The molecule has 2 aromatic rings. The van der Waals surface area contributed by atoms with Gasteiger partial charge in [-0.15, -0.1) is 0 Å². The third-order valence-electron chi connectivity index (χ3n) is 2.91. The molecule has 0 aliphatic heterocycles. The Balaban J connectivity index is 2.44. The highest BCUT2D eigenvalue weighted by Gasteiger charge is 2.14. The Morgan fingerprint density at radius 3 is 2.28 bits per heavy atom. The highest BCUT2D eigenvalue weighted by molar-refractivity contribution is 5.37. The van der Waals surface area contributed by atoms with Crippen molar-refractivity contribution in [3.8, 4) is 0 Å². The van der Waals surface area contributed by atoms with Crippen LogP contribution in [0.4, 0.5) is 8.78 Å². The molecule has 1 unspecified atom stereocenters. The van der Waals surface area contributed by atoms with E-state index in [4.69, 9.17) is 0 Å². The minimum atomic E-state index is -0.944. The molecule has 0 spiro atoms. The van der Waals surface area contributed by atoms with E-state index in [0.29, 0.717) is 16.7 Å². The molecule has 0 heterocycles. The maximum Gasteiger partial charge on any atom is 0.123 e. The van der Waals surface area contributed by atoms with Crippen molar-refractivity contribution >= 4 is 0 Å². The lowest BCUT2D eigenvalue weighted by Gasteiger charge is -2.15. The van der Waals surface area contributed by atoms with Gasteiger partial charge in [0.1, 0.15) is 17.7 Å². The Kier molecular flexibility index (Phi) is 3.43. The fourth-order valence-corrected chi connectivity index (χ4v) is 2.05. The van der Waals surface area contributed by atoms with Crippen molar-refractivity contribution in [2.75, 3.05) is 0 Å². The molecule has 3 heteroatoms. The zero-order chi connectivity index (χ0) is 13.3. The Morgan fingerprint density at radius 2 is 1.67 bits per heavy atom. The standard InChI is InChI=1S/C15H14F2O/c1-9-5-11(8-13(17)6-9)15(18)14-4-3-12(16)7-10(14)2/h3-8,15,18H,1-2H3. The third-order valence-corrected chi connectivity index (χ3v) is 2.91. The van der Waals surface area contributed by atoms with Gasteiger partial charge in [0.05, 0.1) is 0 Å². The van der Waals surface area contributed by atoms with E-state index in [2.05, 4.69) is 0 Å². The summed E-state index contributed by atoms with van der Waals surface area (Å²) in [4.78, 5) is 0. The fraction of sp³-hybridized carbons (Fsp3) is 0.200. The van der Waals surface area contributed by atoms with Gasteiger partial charge in [-0.1, -0.05) is 12.1 Å². The number of aliphatic hydroxyl groups is 1. The molecule has 0 aliphatic carbocycles. The summed E-state index contributed by atoms with van der Waals surface area (Å²) in [7, 11) is 0. The molecule has 0 saturated carbocycles. The second kappa shape index (κ2) is 4.86. The highest BCUT2D eigenvalue weighted by atomic mass is 19.1. The zero-order valence-corrected chi connectivity index (χ0v) is 10.2. The molecule has 0 bridgehead atoms. The van der Waals surface area contributed by atoms with E-state index in [9.17, 15) is 13.9 Å². The molecular weight excluding hydrogens is 234 g/mol. The summed E-state index contributed by atoms with van der Waals surface area (Å²) in [5.74, 6) is -0.734. The van der Waals surface area contributed by atoms with Crippen molar-refractivity contribution in [3.05, 3.63) is 70.3 Å². The molecule has 0 aromatic heterocycles. The number of rotatable bonds is 2. The first-order valence-corrected chi connectivity index (χ1v) is 5.68. The smallest absolute Gasteiger partial charge is 0.123 e. The summed E-state index contributed by atoms with van der Waals surface area (Å²) < 4.78 is 26.3. The molecule has 0 saturated heterocycles. The first kappa shape index (κ1) is 12.7. The molecule has 0 radical (unpaired) electrons. The van der Waals surface area contributed by atoms with Gasteiger partial charge in [-0.3, -0.25) is 0 Å². The van der Waals surface area contributed by atoms with Crippen molar-refractivity contribution in [2.24, 2.45) is 0 Å². The minimum absolute atomic E-state index is 0.348. The van der Waals surface area contributed by atoms with Crippen molar-refractivity contribution in [2.45, 2.75) is 20.0 Å². The first-order chi connectivity index (χ1) is 8.47. The van der Waals surface area contributed by atoms with Gasteiger partial charge >= 0.3 is 0 Å². The summed E-state index contributed by atoms with van der Waals surface area (Å²) >= 11 is 0. The number of aliphatic hydroxyl groups excluding tert-OH is 1. The van der Waals surface area contributed by atoms with E-state index in [1.165, 1.54) is 30.3 Å². The fourth-order valence-electron chi connectivity index (χ4n) is 2.05. The molecule has 0 aliphatic rings.